The highest BCUT2D eigenvalue weighted by atomic mass is 32.2. The molecular weight excluding hydrogens is 280 g/mol. The van der Waals surface area contributed by atoms with Gasteiger partial charge in [0.2, 0.25) is 0 Å². The molecule has 0 amide bonds. The number of fused-ring (bicyclic) bond motifs is 3. The van der Waals surface area contributed by atoms with Gasteiger partial charge in [0.25, 0.3) is 0 Å². The predicted molar refractivity (Wildman–Crippen MR) is 89.3 cm³/mol. The summed E-state index contributed by atoms with van der Waals surface area (Å²) >= 11 is 0. The lowest BCUT2D eigenvalue weighted by Gasteiger charge is -2.33. The fourth-order valence-corrected chi connectivity index (χ4v) is 4.30. The molecule has 1 aromatic carbocycles. The molecule has 0 saturated carbocycles. The van der Waals surface area contributed by atoms with Crippen LogP contribution in [0.2, 0.25) is 0 Å². The summed E-state index contributed by atoms with van der Waals surface area (Å²) in [6.07, 6.45) is 4.26. The molecule has 1 aliphatic heterocycles. The van der Waals surface area contributed by atoms with Crippen molar-refractivity contribution in [3.63, 3.8) is 0 Å². The molecule has 1 unspecified atom stereocenters. The SMILES string of the molecule is CN(C)C(C)(C)Cn1ccc2c3c(ccc21)S(=O)CCC3. The zero-order valence-corrected chi connectivity index (χ0v) is 14.2. The van der Waals surface area contributed by atoms with Gasteiger partial charge in [-0.2, -0.15) is 0 Å². The van der Waals surface area contributed by atoms with E-state index in [2.05, 4.69) is 61.8 Å². The quantitative estimate of drug-likeness (QED) is 0.871. The second-order valence-electron chi connectivity index (χ2n) is 6.78. The number of aromatic nitrogens is 1. The Hall–Kier alpha value is -1.13. The third kappa shape index (κ3) is 2.55. The lowest BCUT2D eigenvalue weighted by atomic mass is 10.0. The first kappa shape index (κ1) is 14.8. The Kier molecular flexibility index (Phi) is 3.70. The molecule has 3 nitrogen and oxygen atoms in total. The summed E-state index contributed by atoms with van der Waals surface area (Å²) < 4.78 is 14.5. The van der Waals surface area contributed by atoms with E-state index in [0.29, 0.717) is 0 Å². The minimum atomic E-state index is -0.806. The molecule has 114 valence electrons. The Morgan fingerprint density at radius 2 is 2.05 bits per heavy atom. The first-order chi connectivity index (χ1) is 9.90. The molecule has 0 fully saturated rings. The molecule has 4 heteroatoms. The van der Waals surface area contributed by atoms with Crippen LogP contribution in [-0.4, -0.2) is 39.1 Å². The molecule has 0 spiro atoms. The van der Waals surface area contributed by atoms with Crippen LogP contribution in [0.3, 0.4) is 0 Å². The number of likely N-dealkylation sites (N-methyl/N-ethyl adjacent to an activating group) is 1. The van der Waals surface area contributed by atoms with Crippen molar-refractivity contribution in [2.24, 2.45) is 0 Å². The standard InChI is InChI=1S/C17H24N2OS/c1-17(2,18(3)4)12-19-10-9-13-14-6-5-11-21(20)16(14)8-7-15(13)19/h7-10H,5-6,11-12H2,1-4H3. The molecule has 1 aliphatic rings. The molecule has 2 heterocycles. The molecule has 0 bridgehead atoms. The third-order valence-corrected chi connectivity index (χ3v) is 6.32. The summed E-state index contributed by atoms with van der Waals surface area (Å²) in [6, 6.07) is 6.41. The highest BCUT2D eigenvalue weighted by Crippen LogP contribution is 2.31. The minimum Gasteiger partial charge on any atom is -0.346 e. The van der Waals surface area contributed by atoms with Gasteiger partial charge in [0.05, 0.1) is 10.8 Å². The lowest BCUT2D eigenvalue weighted by Crippen LogP contribution is -2.41. The van der Waals surface area contributed by atoms with E-state index in [9.17, 15) is 4.21 Å². The van der Waals surface area contributed by atoms with Crippen LogP contribution in [0, 0.1) is 0 Å². The number of hydrogen-bond donors (Lipinski definition) is 0. The smallest absolute Gasteiger partial charge is 0.0532 e. The number of hydrogen-bond acceptors (Lipinski definition) is 2. The minimum absolute atomic E-state index is 0.102. The molecule has 0 saturated heterocycles. The van der Waals surface area contributed by atoms with E-state index >= 15 is 0 Å². The lowest BCUT2D eigenvalue weighted by molar-refractivity contribution is 0.171. The van der Waals surface area contributed by atoms with Crippen molar-refractivity contribution in [1.29, 1.82) is 0 Å². The maximum atomic E-state index is 12.2. The Morgan fingerprint density at radius 1 is 1.29 bits per heavy atom. The van der Waals surface area contributed by atoms with Gasteiger partial charge in [-0.05, 0) is 64.5 Å². The summed E-state index contributed by atoms with van der Waals surface area (Å²) in [4.78, 5) is 3.31. The zero-order chi connectivity index (χ0) is 15.2. The van der Waals surface area contributed by atoms with Crippen molar-refractivity contribution < 1.29 is 4.21 Å². The van der Waals surface area contributed by atoms with Crippen LogP contribution < -0.4 is 0 Å². The average molecular weight is 304 g/mol. The molecule has 0 radical (unpaired) electrons. The molecule has 2 aromatic rings. The zero-order valence-electron chi connectivity index (χ0n) is 13.3. The largest absolute Gasteiger partial charge is 0.346 e. The van der Waals surface area contributed by atoms with Gasteiger partial charge in [0, 0.05) is 39.8 Å². The third-order valence-electron chi connectivity index (χ3n) is 4.79. The number of rotatable bonds is 3. The Balaban J connectivity index is 2.06. The van der Waals surface area contributed by atoms with E-state index in [1.165, 1.54) is 16.5 Å². The second-order valence-corrected chi connectivity index (χ2v) is 8.32. The van der Waals surface area contributed by atoms with Crippen molar-refractivity contribution in [2.45, 2.75) is 43.7 Å². The van der Waals surface area contributed by atoms with Gasteiger partial charge in [-0.3, -0.25) is 4.21 Å². The highest BCUT2D eigenvalue weighted by molar-refractivity contribution is 7.85. The van der Waals surface area contributed by atoms with Gasteiger partial charge < -0.3 is 9.47 Å². The summed E-state index contributed by atoms with van der Waals surface area (Å²) in [6.45, 7) is 5.46. The first-order valence-electron chi connectivity index (χ1n) is 7.57. The monoisotopic (exact) mass is 304 g/mol. The van der Waals surface area contributed by atoms with Crippen LogP contribution in [-0.2, 0) is 23.8 Å². The summed E-state index contributed by atoms with van der Waals surface area (Å²) in [7, 11) is 3.44. The Morgan fingerprint density at radius 3 is 2.76 bits per heavy atom. The molecule has 3 rings (SSSR count). The molecular formula is C17H24N2OS. The number of benzene rings is 1. The van der Waals surface area contributed by atoms with Crippen LogP contribution in [0.4, 0.5) is 0 Å². The fraction of sp³-hybridized carbons (Fsp3) is 0.529. The van der Waals surface area contributed by atoms with Crippen molar-refractivity contribution in [2.75, 3.05) is 19.8 Å². The number of aryl methyl sites for hydroxylation is 1. The van der Waals surface area contributed by atoms with Gasteiger partial charge in [-0.1, -0.05) is 0 Å². The predicted octanol–water partition coefficient (Wildman–Crippen LogP) is 3.04. The first-order valence-corrected chi connectivity index (χ1v) is 8.88. The van der Waals surface area contributed by atoms with E-state index in [4.69, 9.17) is 0 Å². The Bertz CT molecular complexity index is 700. The van der Waals surface area contributed by atoms with E-state index in [-0.39, 0.29) is 5.54 Å². The number of nitrogens with zero attached hydrogens (tertiary/aromatic N) is 2. The maximum absolute atomic E-state index is 12.2. The van der Waals surface area contributed by atoms with Crippen LogP contribution in [0.1, 0.15) is 25.8 Å². The highest BCUT2D eigenvalue weighted by Gasteiger charge is 2.23. The normalized spacial score (nSPS) is 19.2. The van der Waals surface area contributed by atoms with E-state index in [1.54, 1.807) is 0 Å². The molecule has 0 aliphatic carbocycles. The summed E-state index contributed by atoms with van der Waals surface area (Å²) in [5.41, 5.74) is 2.67. The van der Waals surface area contributed by atoms with Gasteiger partial charge in [-0.25, -0.2) is 0 Å². The molecule has 1 aromatic heterocycles. The van der Waals surface area contributed by atoms with Crippen LogP contribution in [0.25, 0.3) is 10.9 Å². The Labute approximate surface area is 129 Å². The topological polar surface area (TPSA) is 25.2 Å². The molecule has 21 heavy (non-hydrogen) atoms. The van der Waals surface area contributed by atoms with Crippen LogP contribution >= 0.6 is 0 Å². The van der Waals surface area contributed by atoms with Gasteiger partial charge in [-0.15, -0.1) is 0 Å². The van der Waals surface area contributed by atoms with Gasteiger partial charge in [0.1, 0.15) is 0 Å². The van der Waals surface area contributed by atoms with Crippen LogP contribution in [0.5, 0.6) is 0 Å². The van der Waals surface area contributed by atoms with Gasteiger partial charge >= 0.3 is 0 Å². The maximum Gasteiger partial charge on any atom is 0.0532 e. The van der Waals surface area contributed by atoms with Crippen molar-refractivity contribution >= 4 is 21.7 Å². The van der Waals surface area contributed by atoms with Crippen molar-refractivity contribution in [1.82, 2.24) is 9.47 Å². The molecule has 1 atom stereocenters. The van der Waals surface area contributed by atoms with Crippen LogP contribution in [0.15, 0.2) is 29.3 Å². The van der Waals surface area contributed by atoms with E-state index in [0.717, 1.165) is 30.0 Å². The summed E-state index contributed by atoms with van der Waals surface area (Å²) in [5, 5.41) is 1.29. The fourth-order valence-electron chi connectivity index (χ4n) is 2.97. The van der Waals surface area contributed by atoms with Gasteiger partial charge in [0.15, 0.2) is 0 Å². The van der Waals surface area contributed by atoms with E-state index in [1.807, 2.05) is 0 Å². The molecule has 0 N–H and O–H groups in total. The summed E-state index contributed by atoms with van der Waals surface area (Å²) in [5.74, 6) is 0.812. The second kappa shape index (κ2) is 5.25. The average Bonchev–Trinajstić information content (AvgIpc) is 2.82. The van der Waals surface area contributed by atoms with E-state index < -0.39 is 10.8 Å². The van der Waals surface area contributed by atoms with Crippen molar-refractivity contribution in [3.05, 3.63) is 30.0 Å². The van der Waals surface area contributed by atoms with Crippen molar-refractivity contribution in [3.8, 4) is 0 Å².